The van der Waals surface area contributed by atoms with Gasteiger partial charge in [0, 0.05) is 44.2 Å². The molecule has 0 radical (unpaired) electrons. The summed E-state index contributed by atoms with van der Waals surface area (Å²) < 4.78 is 5.14. The molecule has 0 bridgehead atoms. The zero-order chi connectivity index (χ0) is 29.6. The van der Waals surface area contributed by atoms with Crippen LogP contribution in [0.25, 0.3) is 0 Å². The number of nitrogens with zero attached hydrogens (tertiary/aromatic N) is 5. The molecule has 2 aromatic rings. The topological polar surface area (TPSA) is 111 Å². The predicted molar refractivity (Wildman–Crippen MR) is 166 cm³/mol. The molecule has 1 aliphatic carbocycles. The molecule has 1 saturated carbocycles. The van der Waals surface area contributed by atoms with Crippen LogP contribution in [-0.2, 0) is 9.53 Å². The van der Waals surface area contributed by atoms with Crippen LogP contribution in [0.1, 0.15) is 56.3 Å². The molecule has 2 aliphatic heterocycles. The first kappa shape index (κ1) is 30.3. The SMILES string of the molecule is C=CC(=O)N1CCN(C(CSCCC2CC2)c2ccc([C@H](C)Nc3nccc(N4C(=O)OC[C@@H]4[C@@H](C)O)n3)cc2)CC1. The van der Waals surface area contributed by atoms with Gasteiger partial charge in [-0.1, -0.05) is 43.7 Å². The summed E-state index contributed by atoms with van der Waals surface area (Å²) in [6.45, 7) is 10.6. The lowest BCUT2D eigenvalue weighted by Gasteiger charge is -2.39. The third kappa shape index (κ3) is 7.43. The van der Waals surface area contributed by atoms with Crippen LogP contribution in [0.4, 0.5) is 16.6 Å². The normalized spacial score (nSPS) is 21.5. The van der Waals surface area contributed by atoms with E-state index in [9.17, 15) is 14.7 Å². The Morgan fingerprint density at radius 2 is 1.88 bits per heavy atom. The number of aliphatic hydroxyl groups excluding tert-OH is 1. The summed E-state index contributed by atoms with van der Waals surface area (Å²) in [6.07, 6.45) is 5.81. The predicted octanol–water partition coefficient (Wildman–Crippen LogP) is 4.26. The van der Waals surface area contributed by atoms with Crippen LogP contribution in [0.15, 0.2) is 49.2 Å². The van der Waals surface area contributed by atoms with Crippen molar-refractivity contribution in [1.82, 2.24) is 19.8 Å². The zero-order valence-corrected chi connectivity index (χ0v) is 25.3. The van der Waals surface area contributed by atoms with Crippen LogP contribution in [0.3, 0.4) is 0 Å². The van der Waals surface area contributed by atoms with Crippen molar-refractivity contribution in [3.63, 3.8) is 0 Å². The van der Waals surface area contributed by atoms with Gasteiger partial charge in [-0.3, -0.25) is 14.6 Å². The van der Waals surface area contributed by atoms with Crippen LogP contribution >= 0.6 is 11.8 Å². The summed E-state index contributed by atoms with van der Waals surface area (Å²) in [7, 11) is 0. The smallest absolute Gasteiger partial charge is 0.416 e. The number of rotatable bonds is 13. The zero-order valence-electron chi connectivity index (χ0n) is 24.5. The molecule has 1 unspecified atom stereocenters. The minimum Gasteiger partial charge on any atom is -0.447 e. The van der Waals surface area contributed by atoms with Crippen LogP contribution < -0.4 is 10.2 Å². The second-order valence-electron chi connectivity index (χ2n) is 11.4. The van der Waals surface area contributed by atoms with E-state index in [0.29, 0.717) is 11.8 Å². The number of thioether (sulfide) groups is 1. The van der Waals surface area contributed by atoms with E-state index in [1.54, 1.807) is 19.2 Å². The number of aromatic nitrogens is 2. The van der Waals surface area contributed by atoms with Gasteiger partial charge in [0.15, 0.2) is 0 Å². The number of anilines is 2. The van der Waals surface area contributed by atoms with E-state index in [1.807, 2.05) is 16.7 Å². The number of carbonyl (C=O) groups excluding carboxylic acids is 2. The van der Waals surface area contributed by atoms with Crippen molar-refractivity contribution in [1.29, 1.82) is 0 Å². The van der Waals surface area contributed by atoms with Gasteiger partial charge in [-0.05, 0) is 55.2 Å². The summed E-state index contributed by atoms with van der Waals surface area (Å²) in [5.41, 5.74) is 2.38. The van der Waals surface area contributed by atoms with Crippen molar-refractivity contribution in [3.8, 4) is 0 Å². The maximum atomic E-state index is 12.3. The second-order valence-corrected chi connectivity index (χ2v) is 12.6. The quantitative estimate of drug-likeness (QED) is 0.260. The van der Waals surface area contributed by atoms with E-state index in [0.717, 1.165) is 43.4 Å². The molecular weight excluding hydrogens is 552 g/mol. The Labute approximate surface area is 252 Å². The molecular formula is C31H42N6O4S. The van der Waals surface area contributed by atoms with Crippen molar-refractivity contribution < 1.29 is 19.4 Å². The number of ether oxygens (including phenoxy) is 1. The second kappa shape index (κ2) is 13.9. The summed E-state index contributed by atoms with van der Waals surface area (Å²) in [5.74, 6) is 3.95. The summed E-state index contributed by atoms with van der Waals surface area (Å²) in [4.78, 5) is 39.1. The van der Waals surface area contributed by atoms with Gasteiger partial charge in [0.1, 0.15) is 18.5 Å². The molecule has 11 heteroatoms. The Kier molecular flexibility index (Phi) is 10.0. The number of amides is 2. The minimum absolute atomic E-state index is 0.00787. The third-order valence-electron chi connectivity index (χ3n) is 8.40. The summed E-state index contributed by atoms with van der Waals surface area (Å²) in [5, 5.41) is 13.4. The average molecular weight is 595 g/mol. The number of hydrogen-bond acceptors (Lipinski definition) is 9. The van der Waals surface area contributed by atoms with E-state index in [2.05, 4.69) is 58.0 Å². The largest absolute Gasteiger partial charge is 0.447 e. The molecule has 3 aliphatic rings. The third-order valence-corrected chi connectivity index (χ3v) is 9.48. The van der Waals surface area contributed by atoms with Crippen LogP contribution in [-0.4, -0.2) is 93.3 Å². The Morgan fingerprint density at radius 3 is 2.55 bits per heavy atom. The molecule has 4 atom stereocenters. The standard InChI is InChI=1S/C31H42N6O4S/c1-4-29(39)36-16-14-35(15-17-36)27(20-42-18-12-23-5-6-23)25-9-7-24(8-10-25)21(2)33-30-32-13-11-28(34-30)37-26(22(3)38)19-41-31(37)40/h4,7-11,13,21-23,26-27,38H,1,5-6,12,14-20H2,2-3H3,(H,32,33,34)/t21-,22+,26+,27?/m0/s1. The van der Waals surface area contributed by atoms with Gasteiger partial charge in [-0.15, -0.1) is 0 Å². The van der Waals surface area contributed by atoms with Crippen LogP contribution in [0.2, 0.25) is 0 Å². The maximum Gasteiger partial charge on any atom is 0.416 e. The molecule has 1 aromatic heterocycles. The molecule has 2 N–H and O–H groups in total. The van der Waals surface area contributed by atoms with Crippen molar-refractivity contribution in [3.05, 3.63) is 60.3 Å². The van der Waals surface area contributed by atoms with Crippen molar-refractivity contribution in [2.45, 2.75) is 57.3 Å². The Morgan fingerprint density at radius 1 is 1.17 bits per heavy atom. The highest BCUT2D eigenvalue weighted by atomic mass is 32.2. The number of piperazine rings is 1. The van der Waals surface area contributed by atoms with Crippen molar-refractivity contribution in [2.24, 2.45) is 5.92 Å². The van der Waals surface area contributed by atoms with Gasteiger partial charge < -0.3 is 20.1 Å². The monoisotopic (exact) mass is 594 g/mol. The molecule has 42 heavy (non-hydrogen) atoms. The van der Waals surface area contributed by atoms with E-state index in [4.69, 9.17) is 4.74 Å². The Bertz CT molecular complexity index is 1230. The average Bonchev–Trinajstić information content (AvgIpc) is 3.75. The maximum absolute atomic E-state index is 12.3. The fraction of sp³-hybridized carbons (Fsp3) is 0.548. The van der Waals surface area contributed by atoms with Gasteiger partial charge in [0.25, 0.3) is 0 Å². The van der Waals surface area contributed by atoms with Crippen LogP contribution in [0.5, 0.6) is 0 Å². The molecule has 226 valence electrons. The number of benzene rings is 1. The number of nitrogens with one attached hydrogen (secondary N) is 1. The van der Waals surface area contributed by atoms with Crippen molar-refractivity contribution in [2.75, 3.05) is 54.5 Å². The van der Waals surface area contributed by atoms with E-state index in [-0.39, 0.29) is 24.6 Å². The van der Waals surface area contributed by atoms with Gasteiger partial charge in [0.05, 0.1) is 12.1 Å². The Hall–Kier alpha value is -3.15. The van der Waals surface area contributed by atoms with Crippen molar-refractivity contribution >= 4 is 35.5 Å². The minimum atomic E-state index is -0.751. The van der Waals surface area contributed by atoms with E-state index in [1.165, 1.54) is 41.6 Å². The highest BCUT2D eigenvalue weighted by molar-refractivity contribution is 7.99. The number of hydrogen-bond donors (Lipinski definition) is 2. The summed E-state index contributed by atoms with van der Waals surface area (Å²) in [6, 6.07) is 10.1. The molecule has 1 aromatic carbocycles. The van der Waals surface area contributed by atoms with Gasteiger partial charge >= 0.3 is 6.09 Å². The molecule has 10 nitrogen and oxygen atoms in total. The molecule has 2 amide bonds. The highest BCUT2D eigenvalue weighted by Crippen LogP contribution is 2.35. The number of cyclic esters (lactones) is 1. The fourth-order valence-corrected chi connectivity index (χ4v) is 6.83. The lowest BCUT2D eigenvalue weighted by molar-refractivity contribution is -0.128. The first-order chi connectivity index (χ1) is 20.3. The molecule has 0 spiro atoms. The molecule has 3 heterocycles. The number of carbonyl (C=O) groups is 2. The van der Waals surface area contributed by atoms with Gasteiger partial charge in [0.2, 0.25) is 11.9 Å². The fourth-order valence-electron chi connectivity index (χ4n) is 5.54. The lowest BCUT2D eigenvalue weighted by Crippen LogP contribution is -2.49. The summed E-state index contributed by atoms with van der Waals surface area (Å²) >= 11 is 2.04. The Balaban J connectivity index is 1.24. The molecule has 5 rings (SSSR count). The molecule has 2 saturated heterocycles. The molecule has 3 fully saturated rings. The first-order valence-electron chi connectivity index (χ1n) is 14.9. The highest BCUT2D eigenvalue weighted by Gasteiger charge is 2.38. The van der Waals surface area contributed by atoms with E-state index < -0.39 is 18.2 Å². The first-order valence-corrected chi connectivity index (χ1v) is 16.1. The van der Waals surface area contributed by atoms with Gasteiger partial charge in [-0.25, -0.2) is 9.78 Å². The lowest BCUT2D eigenvalue weighted by atomic mass is 10.0. The van der Waals surface area contributed by atoms with Gasteiger partial charge in [-0.2, -0.15) is 16.7 Å². The van der Waals surface area contributed by atoms with E-state index >= 15 is 0 Å². The van der Waals surface area contributed by atoms with Crippen LogP contribution in [0, 0.1) is 5.92 Å². The number of aliphatic hydroxyl groups is 1.